The van der Waals surface area contributed by atoms with E-state index in [9.17, 15) is 4.79 Å². The van der Waals surface area contributed by atoms with Crippen LogP contribution in [0.3, 0.4) is 0 Å². The number of hydrogen-bond acceptors (Lipinski definition) is 3. The van der Waals surface area contributed by atoms with E-state index in [0.29, 0.717) is 19.1 Å². The van der Waals surface area contributed by atoms with Crippen LogP contribution >= 0.6 is 0 Å². The predicted molar refractivity (Wildman–Crippen MR) is 84.1 cm³/mol. The van der Waals surface area contributed by atoms with Gasteiger partial charge in [-0.1, -0.05) is 26.0 Å². The predicted octanol–water partition coefficient (Wildman–Crippen LogP) is 2.53. The molecule has 0 heterocycles. The molecule has 21 heavy (non-hydrogen) atoms. The van der Waals surface area contributed by atoms with Gasteiger partial charge < -0.3 is 15.8 Å². The molecule has 0 spiro atoms. The van der Waals surface area contributed by atoms with Crippen molar-refractivity contribution in [1.29, 1.82) is 0 Å². The van der Waals surface area contributed by atoms with Crippen LogP contribution in [0.5, 0.6) is 5.75 Å². The van der Waals surface area contributed by atoms with Gasteiger partial charge in [-0.15, -0.1) is 0 Å². The fraction of sp³-hybridized carbons (Fsp3) is 0.588. The van der Waals surface area contributed by atoms with Crippen LogP contribution in [0.2, 0.25) is 0 Å². The summed E-state index contributed by atoms with van der Waals surface area (Å²) in [6.45, 7) is 7.56. The highest BCUT2D eigenvalue weighted by Crippen LogP contribution is 2.32. The highest BCUT2D eigenvalue weighted by molar-refractivity contribution is 5.88. The Kier molecular flexibility index (Phi) is 4.88. The molecule has 1 aliphatic rings. The number of ether oxygens (including phenoxy) is 1. The quantitative estimate of drug-likeness (QED) is 0.811. The van der Waals surface area contributed by atoms with Crippen molar-refractivity contribution < 1.29 is 9.53 Å². The van der Waals surface area contributed by atoms with Crippen molar-refractivity contribution in [2.24, 2.45) is 11.7 Å². The Morgan fingerprint density at radius 2 is 2.14 bits per heavy atom. The first-order chi connectivity index (χ1) is 9.90. The molecular formula is C17H26N2O2. The molecule has 0 aliphatic heterocycles. The lowest BCUT2D eigenvalue weighted by Crippen LogP contribution is -2.42. The number of rotatable bonds is 7. The number of hydrogen-bond donors (Lipinski definition) is 2. The van der Waals surface area contributed by atoms with Gasteiger partial charge in [0.25, 0.3) is 0 Å². The monoisotopic (exact) mass is 290 g/mol. The summed E-state index contributed by atoms with van der Waals surface area (Å²) in [7, 11) is 0. The van der Waals surface area contributed by atoms with Crippen LogP contribution in [-0.2, 0) is 11.3 Å². The van der Waals surface area contributed by atoms with Crippen molar-refractivity contribution in [2.45, 2.75) is 52.1 Å². The molecule has 1 amide bonds. The molecule has 1 fully saturated rings. The van der Waals surface area contributed by atoms with Crippen molar-refractivity contribution in [2.75, 3.05) is 6.61 Å². The van der Waals surface area contributed by atoms with Crippen LogP contribution in [0.15, 0.2) is 18.2 Å². The van der Waals surface area contributed by atoms with Gasteiger partial charge in [-0.2, -0.15) is 0 Å². The zero-order chi connectivity index (χ0) is 15.5. The summed E-state index contributed by atoms with van der Waals surface area (Å²) in [5.41, 5.74) is 7.42. The first-order valence-corrected chi connectivity index (χ1v) is 7.70. The van der Waals surface area contributed by atoms with Gasteiger partial charge in [-0.05, 0) is 43.7 Å². The second-order valence-corrected chi connectivity index (χ2v) is 6.48. The zero-order valence-electron chi connectivity index (χ0n) is 13.2. The van der Waals surface area contributed by atoms with Gasteiger partial charge in [0, 0.05) is 12.1 Å². The Morgan fingerprint density at radius 1 is 1.43 bits per heavy atom. The standard InChI is InChI=1S/C17H26N2O2/c1-12(2)6-9-21-15-10-13(3)4-5-14(15)11-19-16(20)17(18)7-8-17/h4-5,10,12H,6-9,11,18H2,1-3H3,(H,19,20). The zero-order valence-corrected chi connectivity index (χ0v) is 13.2. The number of nitrogens with one attached hydrogen (secondary N) is 1. The van der Waals surface area contributed by atoms with Crippen LogP contribution in [0.25, 0.3) is 0 Å². The smallest absolute Gasteiger partial charge is 0.240 e. The van der Waals surface area contributed by atoms with Crippen LogP contribution in [-0.4, -0.2) is 18.1 Å². The second kappa shape index (κ2) is 6.48. The molecule has 3 N–H and O–H groups in total. The lowest BCUT2D eigenvalue weighted by atomic mass is 10.1. The van der Waals surface area contributed by atoms with Gasteiger partial charge in [-0.25, -0.2) is 0 Å². The third-order valence-electron chi connectivity index (χ3n) is 3.86. The van der Waals surface area contributed by atoms with E-state index < -0.39 is 5.54 Å². The van der Waals surface area contributed by atoms with Crippen molar-refractivity contribution in [1.82, 2.24) is 5.32 Å². The average molecular weight is 290 g/mol. The summed E-state index contributed by atoms with van der Waals surface area (Å²) in [5.74, 6) is 1.42. The normalized spacial score (nSPS) is 15.9. The molecule has 0 atom stereocenters. The van der Waals surface area contributed by atoms with Gasteiger partial charge in [0.05, 0.1) is 12.1 Å². The number of carbonyl (C=O) groups excluding carboxylic acids is 1. The fourth-order valence-corrected chi connectivity index (χ4v) is 2.06. The number of nitrogens with two attached hydrogens (primary N) is 1. The number of benzene rings is 1. The molecule has 0 saturated heterocycles. The maximum Gasteiger partial charge on any atom is 0.240 e. The Labute approximate surface area is 127 Å². The Hall–Kier alpha value is -1.55. The number of carbonyl (C=O) groups is 1. The molecule has 0 bridgehead atoms. The van der Waals surface area contributed by atoms with Gasteiger partial charge >= 0.3 is 0 Å². The third-order valence-corrected chi connectivity index (χ3v) is 3.86. The first-order valence-electron chi connectivity index (χ1n) is 7.70. The van der Waals surface area contributed by atoms with Gasteiger partial charge in [0.15, 0.2) is 0 Å². The summed E-state index contributed by atoms with van der Waals surface area (Å²) in [4.78, 5) is 11.9. The highest BCUT2D eigenvalue weighted by Gasteiger charge is 2.45. The summed E-state index contributed by atoms with van der Waals surface area (Å²) < 4.78 is 5.88. The number of aryl methyl sites for hydroxylation is 1. The molecular weight excluding hydrogens is 264 g/mol. The molecule has 2 rings (SSSR count). The van der Waals surface area contributed by atoms with Crippen LogP contribution in [0, 0.1) is 12.8 Å². The van der Waals surface area contributed by atoms with Crippen LogP contribution in [0.1, 0.15) is 44.2 Å². The maximum absolute atomic E-state index is 11.9. The Morgan fingerprint density at radius 3 is 2.76 bits per heavy atom. The van der Waals surface area contributed by atoms with Crippen molar-refractivity contribution in [3.8, 4) is 5.75 Å². The molecule has 0 aromatic heterocycles. The lowest BCUT2D eigenvalue weighted by molar-refractivity contribution is -0.123. The van der Waals surface area contributed by atoms with E-state index in [1.807, 2.05) is 25.1 Å². The summed E-state index contributed by atoms with van der Waals surface area (Å²) in [6.07, 6.45) is 2.58. The van der Waals surface area contributed by atoms with E-state index in [-0.39, 0.29) is 5.91 Å². The molecule has 1 saturated carbocycles. The largest absolute Gasteiger partial charge is 0.493 e. The molecule has 1 aromatic rings. The third kappa shape index (κ3) is 4.46. The molecule has 1 aromatic carbocycles. The highest BCUT2D eigenvalue weighted by atomic mass is 16.5. The van der Waals surface area contributed by atoms with Gasteiger partial charge in [-0.3, -0.25) is 4.79 Å². The Bertz CT molecular complexity index is 508. The van der Waals surface area contributed by atoms with Crippen LogP contribution in [0.4, 0.5) is 0 Å². The SMILES string of the molecule is Cc1ccc(CNC(=O)C2(N)CC2)c(OCCC(C)C)c1. The van der Waals surface area contributed by atoms with E-state index in [4.69, 9.17) is 10.5 Å². The van der Waals surface area contributed by atoms with E-state index in [2.05, 4.69) is 19.2 Å². The minimum atomic E-state index is -0.622. The van der Waals surface area contributed by atoms with Crippen molar-refractivity contribution in [3.63, 3.8) is 0 Å². The molecule has 1 aliphatic carbocycles. The lowest BCUT2D eigenvalue weighted by Gasteiger charge is -2.15. The molecule has 4 heteroatoms. The summed E-state index contributed by atoms with van der Waals surface area (Å²) in [5, 5.41) is 2.92. The van der Waals surface area contributed by atoms with E-state index in [1.54, 1.807) is 0 Å². The summed E-state index contributed by atoms with van der Waals surface area (Å²) in [6, 6.07) is 6.07. The van der Waals surface area contributed by atoms with Gasteiger partial charge in [0.1, 0.15) is 5.75 Å². The fourth-order valence-electron chi connectivity index (χ4n) is 2.06. The van der Waals surface area contributed by atoms with Gasteiger partial charge in [0.2, 0.25) is 5.91 Å². The molecule has 116 valence electrons. The summed E-state index contributed by atoms with van der Waals surface area (Å²) >= 11 is 0. The molecule has 0 unspecified atom stereocenters. The van der Waals surface area contributed by atoms with E-state index in [1.165, 1.54) is 0 Å². The second-order valence-electron chi connectivity index (χ2n) is 6.48. The molecule has 4 nitrogen and oxygen atoms in total. The first kappa shape index (κ1) is 15.8. The van der Waals surface area contributed by atoms with E-state index in [0.717, 1.165) is 36.1 Å². The van der Waals surface area contributed by atoms with Crippen LogP contribution < -0.4 is 15.8 Å². The number of amides is 1. The minimum Gasteiger partial charge on any atom is -0.493 e. The van der Waals surface area contributed by atoms with E-state index >= 15 is 0 Å². The maximum atomic E-state index is 11.9. The molecule has 0 radical (unpaired) electrons. The topological polar surface area (TPSA) is 64.4 Å². The average Bonchev–Trinajstić information content (AvgIpc) is 3.16. The van der Waals surface area contributed by atoms with Crippen molar-refractivity contribution in [3.05, 3.63) is 29.3 Å². The minimum absolute atomic E-state index is 0.0591. The van der Waals surface area contributed by atoms with Crippen molar-refractivity contribution >= 4 is 5.91 Å². The Balaban J connectivity index is 1.95.